The highest BCUT2D eigenvalue weighted by molar-refractivity contribution is 6.31. The van der Waals surface area contributed by atoms with Gasteiger partial charge in [-0.2, -0.15) is 0 Å². The van der Waals surface area contributed by atoms with Gasteiger partial charge in [0.05, 0.1) is 22.5 Å². The summed E-state index contributed by atoms with van der Waals surface area (Å²) in [5.74, 6) is -3.46. The van der Waals surface area contributed by atoms with Crippen LogP contribution in [0.5, 0.6) is 5.75 Å². The number of hydrogen-bond donors (Lipinski definition) is 4. The number of fused-ring (bicyclic) bond motifs is 2. The van der Waals surface area contributed by atoms with Gasteiger partial charge in [-0.15, -0.1) is 0 Å². The molecule has 2 aromatic carbocycles. The van der Waals surface area contributed by atoms with Crippen molar-refractivity contribution in [2.24, 2.45) is 0 Å². The summed E-state index contributed by atoms with van der Waals surface area (Å²) in [5.41, 5.74) is -0.585. The minimum Gasteiger partial charge on any atom is -0.491 e. The zero-order valence-corrected chi connectivity index (χ0v) is 16.8. The van der Waals surface area contributed by atoms with Crippen LogP contribution in [0.4, 0.5) is 4.39 Å². The average molecular weight is 460 g/mol. The summed E-state index contributed by atoms with van der Waals surface area (Å²) in [6.07, 6.45) is -4.92. The van der Waals surface area contributed by atoms with Gasteiger partial charge in [-0.3, -0.25) is 0 Å². The molecule has 2 aromatic rings. The maximum atomic E-state index is 14.6. The van der Waals surface area contributed by atoms with Crippen molar-refractivity contribution in [1.82, 2.24) is 0 Å². The fraction of sp³-hybridized carbons (Fsp3) is 0.455. The van der Waals surface area contributed by atoms with Crippen molar-refractivity contribution >= 4 is 11.6 Å². The summed E-state index contributed by atoms with van der Waals surface area (Å²) in [7, 11) is 0. The van der Waals surface area contributed by atoms with E-state index in [0.29, 0.717) is 11.1 Å². The molecule has 31 heavy (non-hydrogen) atoms. The maximum absolute atomic E-state index is 14.6. The minimum atomic E-state index is -3.13. The molecule has 2 heterocycles. The highest BCUT2D eigenvalue weighted by atomic mass is 35.5. The summed E-state index contributed by atoms with van der Waals surface area (Å²) in [5, 5.41) is 41.4. The lowest BCUT2D eigenvalue weighted by Gasteiger charge is -2.46. The average Bonchev–Trinajstić information content (AvgIpc) is 3.19. The molecule has 2 fully saturated rings. The van der Waals surface area contributed by atoms with E-state index in [0.717, 1.165) is 12.1 Å². The first-order chi connectivity index (χ1) is 16.7. The first-order valence-electron chi connectivity index (χ1n) is 11.9. The number of aliphatic hydroxyl groups excluding tert-OH is 4. The molecule has 9 heteroatoms. The van der Waals surface area contributed by atoms with Crippen molar-refractivity contribution in [3.63, 3.8) is 0 Å². The zero-order chi connectivity index (χ0) is 26.7. The quantitative estimate of drug-likeness (QED) is 0.518. The SMILES string of the molecule is [2H]C([2H])([2H])C([2H])([2H])Oc1ccc(Cc2cc([C@@]34OC[C@@](CO)(O3)[C@@H](O)[C@H](O)[C@H]4O)ccc2Cl)cc1F. The van der Waals surface area contributed by atoms with Crippen LogP contribution in [0.2, 0.25) is 5.02 Å². The van der Waals surface area contributed by atoms with Crippen LogP contribution < -0.4 is 4.74 Å². The lowest BCUT2D eigenvalue weighted by atomic mass is 9.83. The molecule has 0 spiro atoms. The number of hydrogen-bond acceptors (Lipinski definition) is 7. The fourth-order valence-corrected chi connectivity index (χ4v) is 4.20. The van der Waals surface area contributed by atoms with E-state index in [4.69, 9.17) is 32.7 Å². The summed E-state index contributed by atoms with van der Waals surface area (Å²) in [6.45, 7) is -7.20. The van der Waals surface area contributed by atoms with Gasteiger partial charge in [-0.05, 0) is 48.7 Å². The summed E-state index contributed by atoms with van der Waals surface area (Å²) in [4.78, 5) is 0. The Morgan fingerprint density at radius 2 is 2.06 bits per heavy atom. The second-order valence-corrected chi connectivity index (χ2v) is 8.02. The Kier molecular flexibility index (Phi) is 4.49. The van der Waals surface area contributed by atoms with Crippen LogP contribution in [0.1, 0.15) is 30.4 Å². The number of benzene rings is 2. The van der Waals surface area contributed by atoms with Gasteiger partial charge in [-0.25, -0.2) is 4.39 Å². The van der Waals surface area contributed by atoms with Crippen LogP contribution >= 0.6 is 11.6 Å². The third-order valence-corrected chi connectivity index (χ3v) is 6.10. The topological polar surface area (TPSA) is 109 Å². The molecule has 168 valence electrons. The number of halogens is 2. The molecule has 0 unspecified atom stereocenters. The van der Waals surface area contributed by atoms with E-state index < -0.39 is 61.3 Å². The summed E-state index contributed by atoms with van der Waals surface area (Å²) >= 11 is 6.33. The second-order valence-electron chi connectivity index (χ2n) is 7.61. The molecule has 5 atom stereocenters. The van der Waals surface area contributed by atoms with E-state index in [-0.39, 0.29) is 23.6 Å². The van der Waals surface area contributed by atoms with E-state index in [1.54, 1.807) is 0 Å². The molecular formula is C22H24ClFO7. The molecule has 2 bridgehead atoms. The van der Waals surface area contributed by atoms with Gasteiger partial charge in [0.15, 0.2) is 11.6 Å². The van der Waals surface area contributed by atoms with Crippen LogP contribution in [0, 0.1) is 5.82 Å². The van der Waals surface area contributed by atoms with Gasteiger partial charge in [0.1, 0.15) is 23.9 Å². The first kappa shape index (κ1) is 16.8. The lowest BCUT2D eigenvalue weighted by Crippen LogP contribution is -2.65. The number of aliphatic hydroxyl groups is 4. The first-order valence-corrected chi connectivity index (χ1v) is 9.79. The smallest absolute Gasteiger partial charge is 0.225 e. The fourth-order valence-electron chi connectivity index (χ4n) is 4.01. The van der Waals surface area contributed by atoms with Crippen LogP contribution in [-0.2, 0) is 21.7 Å². The predicted molar refractivity (Wildman–Crippen MR) is 108 cm³/mol. The molecular weight excluding hydrogens is 431 g/mol. The van der Waals surface area contributed by atoms with Gasteiger partial charge in [-0.1, -0.05) is 23.7 Å². The van der Waals surface area contributed by atoms with Crippen LogP contribution in [-0.4, -0.2) is 64.1 Å². The summed E-state index contributed by atoms with van der Waals surface area (Å²) in [6, 6.07) is 8.04. The zero-order valence-electron chi connectivity index (χ0n) is 21.1. The molecule has 0 aromatic heterocycles. The van der Waals surface area contributed by atoms with Crippen molar-refractivity contribution in [1.29, 1.82) is 0 Å². The largest absolute Gasteiger partial charge is 0.491 e. The van der Waals surface area contributed by atoms with Gasteiger partial charge in [0.25, 0.3) is 0 Å². The molecule has 2 saturated heterocycles. The van der Waals surface area contributed by atoms with Crippen LogP contribution in [0.25, 0.3) is 0 Å². The van der Waals surface area contributed by atoms with E-state index >= 15 is 0 Å². The van der Waals surface area contributed by atoms with Gasteiger partial charge >= 0.3 is 0 Å². The Morgan fingerprint density at radius 1 is 1.26 bits per heavy atom. The normalized spacial score (nSPS) is 35.5. The van der Waals surface area contributed by atoms with Crippen LogP contribution in [0.3, 0.4) is 0 Å². The van der Waals surface area contributed by atoms with Crippen molar-refractivity contribution < 1.29 is 45.9 Å². The lowest BCUT2D eigenvalue weighted by molar-refractivity contribution is -0.329. The van der Waals surface area contributed by atoms with E-state index in [9.17, 15) is 24.8 Å². The Morgan fingerprint density at radius 3 is 2.77 bits per heavy atom. The Hall–Kier alpha value is -1.78. The number of rotatable bonds is 6. The molecule has 7 nitrogen and oxygen atoms in total. The third-order valence-electron chi connectivity index (χ3n) is 5.73. The van der Waals surface area contributed by atoms with Gasteiger partial charge in [0.2, 0.25) is 5.79 Å². The molecule has 0 aliphatic carbocycles. The van der Waals surface area contributed by atoms with Crippen LogP contribution in [0.15, 0.2) is 36.4 Å². The Balaban J connectivity index is 1.62. The van der Waals surface area contributed by atoms with E-state index in [2.05, 4.69) is 0 Å². The molecule has 2 aliphatic rings. The minimum absolute atomic E-state index is 0.0541. The molecule has 2 aliphatic heterocycles. The maximum Gasteiger partial charge on any atom is 0.225 e. The summed E-state index contributed by atoms with van der Waals surface area (Å²) < 4.78 is 67.5. The Labute approximate surface area is 190 Å². The third kappa shape index (κ3) is 3.62. The van der Waals surface area contributed by atoms with E-state index in [1.807, 2.05) is 0 Å². The highest BCUT2D eigenvalue weighted by Crippen LogP contribution is 2.49. The molecule has 0 saturated carbocycles. The van der Waals surface area contributed by atoms with E-state index in [1.165, 1.54) is 24.3 Å². The standard InChI is InChI=1S/C22H24ClFO7/c1-2-29-17-6-3-12(8-16(17)24)7-13-9-14(4-5-15(13)23)22-20(28)18(26)19(27)21(10-25,31-22)11-30-22/h3-6,8-9,18-20,25-28H,2,7,10-11H2,1H3/t18-,19-,20+,21+,22+/m0/s1/i1D3,2D2. The molecule has 4 rings (SSSR count). The van der Waals surface area contributed by atoms with Gasteiger partial charge in [0, 0.05) is 14.7 Å². The van der Waals surface area contributed by atoms with Crippen molar-refractivity contribution in [3.8, 4) is 5.75 Å². The van der Waals surface area contributed by atoms with Crippen molar-refractivity contribution in [2.75, 3.05) is 19.8 Å². The van der Waals surface area contributed by atoms with Gasteiger partial charge < -0.3 is 34.6 Å². The highest BCUT2D eigenvalue weighted by Gasteiger charge is 2.67. The number of ether oxygens (including phenoxy) is 3. The second kappa shape index (κ2) is 8.29. The monoisotopic (exact) mass is 459 g/mol. The Bertz CT molecular complexity index is 1150. The van der Waals surface area contributed by atoms with Crippen molar-refractivity contribution in [3.05, 3.63) is 63.9 Å². The molecule has 0 amide bonds. The molecule has 0 radical (unpaired) electrons. The van der Waals surface area contributed by atoms with Crippen molar-refractivity contribution in [2.45, 2.75) is 43.0 Å². The predicted octanol–water partition coefficient (Wildman–Crippen LogP) is 1.50. The molecule has 4 N–H and O–H groups in total.